The Balaban J connectivity index is 0.00000264. The van der Waals surface area contributed by atoms with Crippen molar-refractivity contribution in [3.63, 3.8) is 0 Å². The molecule has 1 aromatic carbocycles. The minimum atomic E-state index is -0.247. The van der Waals surface area contributed by atoms with Crippen LogP contribution in [0.15, 0.2) is 12.1 Å². The van der Waals surface area contributed by atoms with E-state index in [9.17, 15) is 4.79 Å². The summed E-state index contributed by atoms with van der Waals surface area (Å²) in [6.45, 7) is 1.85. The maximum atomic E-state index is 11.7. The Hall–Kier alpha value is -1.21. The van der Waals surface area contributed by atoms with Crippen LogP contribution in [0, 0.1) is 0 Å². The summed E-state index contributed by atoms with van der Waals surface area (Å²) < 4.78 is 16.1. The smallest absolute Gasteiger partial charge is 0.222 e. The lowest BCUT2D eigenvalue weighted by Crippen LogP contribution is -2.33. The molecular weight excluding hydrogens is 343 g/mol. The molecule has 130 valence electrons. The Bertz CT molecular complexity index is 524. The lowest BCUT2D eigenvalue weighted by molar-refractivity contribution is -0.123. The van der Waals surface area contributed by atoms with Gasteiger partial charge in [0.15, 0.2) is 11.5 Å². The Kier molecular flexibility index (Phi) is 8.47. The summed E-state index contributed by atoms with van der Waals surface area (Å²) >= 11 is 6.17. The van der Waals surface area contributed by atoms with Crippen LogP contribution in [0.1, 0.15) is 12.0 Å². The minimum absolute atomic E-state index is 0. The monoisotopic (exact) mass is 364 g/mol. The predicted octanol–water partition coefficient (Wildman–Crippen LogP) is 1.56. The van der Waals surface area contributed by atoms with E-state index in [4.69, 9.17) is 31.5 Å². The fourth-order valence-electron chi connectivity index (χ4n) is 2.20. The average Bonchev–Trinajstić information content (AvgIpc) is 2.52. The van der Waals surface area contributed by atoms with E-state index >= 15 is 0 Å². The molecule has 2 rings (SSSR count). The van der Waals surface area contributed by atoms with Crippen molar-refractivity contribution in [1.29, 1.82) is 0 Å². The van der Waals surface area contributed by atoms with Crippen molar-refractivity contribution < 1.29 is 19.0 Å². The number of nitrogens with two attached hydrogens (primary N) is 1. The van der Waals surface area contributed by atoms with Gasteiger partial charge in [0.2, 0.25) is 5.91 Å². The van der Waals surface area contributed by atoms with E-state index in [1.54, 1.807) is 7.11 Å². The highest BCUT2D eigenvalue weighted by atomic mass is 35.5. The molecule has 0 spiro atoms. The van der Waals surface area contributed by atoms with Gasteiger partial charge in [0, 0.05) is 20.2 Å². The quantitative estimate of drug-likeness (QED) is 0.766. The van der Waals surface area contributed by atoms with Crippen molar-refractivity contribution in [2.45, 2.75) is 18.9 Å². The molecule has 1 aliphatic rings. The van der Waals surface area contributed by atoms with Crippen molar-refractivity contribution >= 4 is 29.9 Å². The van der Waals surface area contributed by atoms with E-state index in [0.717, 1.165) is 5.56 Å². The second-order valence-electron chi connectivity index (χ2n) is 5.00. The second-order valence-corrected chi connectivity index (χ2v) is 5.41. The predicted molar refractivity (Wildman–Crippen MR) is 90.9 cm³/mol. The number of hydrogen-bond donors (Lipinski definition) is 2. The molecule has 8 heteroatoms. The van der Waals surface area contributed by atoms with Crippen LogP contribution in [0.5, 0.6) is 11.5 Å². The molecule has 6 nitrogen and oxygen atoms in total. The van der Waals surface area contributed by atoms with E-state index in [1.165, 1.54) is 0 Å². The number of amides is 1. The van der Waals surface area contributed by atoms with Gasteiger partial charge in [-0.3, -0.25) is 4.79 Å². The maximum absolute atomic E-state index is 11.7. The standard InChI is InChI=1S/C15H21ClN2O4.ClH/c1-20-11(9-17)8-14(19)18-3-2-10-6-12(16)15-13(7-10)21-4-5-22-15;/h6-7,11H,2-5,8-9,17H2,1H3,(H,18,19);1H. The van der Waals surface area contributed by atoms with Crippen LogP contribution in [0.25, 0.3) is 0 Å². The Morgan fingerprint density at radius 3 is 2.87 bits per heavy atom. The number of benzene rings is 1. The molecule has 1 heterocycles. The zero-order valence-electron chi connectivity index (χ0n) is 13.0. The van der Waals surface area contributed by atoms with E-state index in [0.29, 0.717) is 49.2 Å². The number of nitrogens with one attached hydrogen (secondary N) is 1. The lowest BCUT2D eigenvalue weighted by Gasteiger charge is -2.20. The van der Waals surface area contributed by atoms with Crippen LogP contribution in [-0.4, -0.2) is 45.4 Å². The molecule has 0 radical (unpaired) electrons. The van der Waals surface area contributed by atoms with Gasteiger partial charge in [-0.05, 0) is 24.1 Å². The summed E-state index contributed by atoms with van der Waals surface area (Å²) in [6.07, 6.45) is 0.667. The van der Waals surface area contributed by atoms with Gasteiger partial charge in [-0.15, -0.1) is 12.4 Å². The highest BCUT2D eigenvalue weighted by Crippen LogP contribution is 2.38. The van der Waals surface area contributed by atoms with Gasteiger partial charge < -0.3 is 25.3 Å². The fraction of sp³-hybridized carbons (Fsp3) is 0.533. The average molecular weight is 365 g/mol. The van der Waals surface area contributed by atoms with Crippen LogP contribution in [0.3, 0.4) is 0 Å². The molecule has 1 unspecified atom stereocenters. The molecule has 0 saturated heterocycles. The normalized spacial score (nSPS) is 13.9. The number of ether oxygens (including phenoxy) is 3. The Labute approximate surface area is 147 Å². The van der Waals surface area contributed by atoms with Gasteiger partial charge in [-0.2, -0.15) is 0 Å². The van der Waals surface area contributed by atoms with Gasteiger partial charge in [0.25, 0.3) is 0 Å². The van der Waals surface area contributed by atoms with Crippen LogP contribution >= 0.6 is 24.0 Å². The molecule has 0 fully saturated rings. The molecule has 1 aromatic rings. The first-order valence-electron chi connectivity index (χ1n) is 7.21. The highest BCUT2D eigenvalue weighted by Gasteiger charge is 2.17. The van der Waals surface area contributed by atoms with Gasteiger partial charge in [0.1, 0.15) is 13.2 Å². The van der Waals surface area contributed by atoms with Crippen molar-refractivity contribution in [3.8, 4) is 11.5 Å². The van der Waals surface area contributed by atoms with Gasteiger partial charge in [0.05, 0.1) is 17.5 Å². The Morgan fingerprint density at radius 2 is 2.17 bits per heavy atom. The zero-order valence-corrected chi connectivity index (χ0v) is 14.5. The second kappa shape index (κ2) is 9.82. The summed E-state index contributed by atoms with van der Waals surface area (Å²) in [5, 5.41) is 3.37. The number of hydrogen-bond acceptors (Lipinski definition) is 5. The van der Waals surface area contributed by atoms with Crippen LogP contribution in [0.2, 0.25) is 5.02 Å². The van der Waals surface area contributed by atoms with Crippen LogP contribution in [-0.2, 0) is 16.0 Å². The van der Waals surface area contributed by atoms with Gasteiger partial charge in [-0.25, -0.2) is 0 Å². The molecule has 23 heavy (non-hydrogen) atoms. The van der Waals surface area contributed by atoms with Crippen molar-refractivity contribution in [3.05, 3.63) is 22.7 Å². The number of fused-ring (bicyclic) bond motifs is 1. The third-order valence-corrected chi connectivity index (χ3v) is 3.68. The molecule has 0 aliphatic carbocycles. The molecular formula is C15H22Cl2N2O4. The van der Waals surface area contributed by atoms with Crippen molar-refractivity contribution in [2.75, 3.05) is 33.4 Å². The van der Waals surface area contributed by atoms with Crippen molar-refractivity contribution in [2.24, 2.45) is 5.73 Å². The number of carbonyl (C=O) groups excluding carboxylic acids is 1. The van der Waals surface area contributed by atoms with E-state index in [1.807, 2.05) is 12.1 Å². The molecule has 0 bridgehead atoms. The summed E-state index contributed by atoms with van der Waals surface area (Å²) in [5.74, 6) is 1.16. The van der Waals surface area contributed by atoms with E-state index in [-0.39, 0.29) is 30.8 Å². The summed E-state index contributed by atoms with van der Waals surface area (Å²) in [6, 6.07) is 3.73. The topological polar surface area (TPSA) is 82.8 Å². The Morgan fingerprint density at radius 1 is 1.43 bits per heavy atom. The van der Waals surface area contributed by atoms with E-state index in [2.05, 4.69) is 5.32 Å². The summed E-state index contributed by atoms with van der Waals surface area (Å²) in [7, 11) is 1.54. The number of carbonyl (C=O) groups is 1. The molecule has 1 amide bonds. The van der Waals surface area contributed by atoms with E-state index < -0.39 is 0 Å². The van der Waals surface area contributed by atoms with Crippen LogP contribution in [0.4, 0.5) is 0 Å². The van der Waals surface area contributed by atoms with Crippen molar-refractivity contribution in [1.82, 2.24) is 5.32 Å². The molecule has 1 aliphatic heterocycles. The molecule has 1 atom stereocenters. The third kappa shape index (κ3) is 5.73. The number of halogens is 2. The number of methoxy groups -OCH3 is 1. The molecule has 0 aromatic heterocycles. The summed E-state index contributed by atoms with van der Waals surface area (Å²) in [4.78, 5) is 11.7. The fourth-order valence-corrected chi connectivity index (χ4v) is 2.48. The third-order valence-electron chi connectivity index (χ3n) is 3.40. The number of rotatable bonds is 7. The van der Waals surface area contributed by atoms with Crippen LogP contribution < -0.4 is 20.5 Å². The van der Waals surface area contributed by atoms with Gasteiger partial charge >= 0.3 is 0 Å². The molecule has 3 N–H and O–H groups in total. The SMILES string of the molecule is COC(CN)CC(=O)NCCc1cc(Cl)c2c(c1)OCCO2.Cl. The van der Waals surface area contributed by atoms with Gasteiger partial charge in [-0.1, -0.05) is 11.6 Å². The lowest BCUT2D eigenvalue weighted by atomic mass is 10.1. The highest BCUT2D eigenvalue weighted by molar-refractivity contribution is 6.32. The summed E-state index contributed by atoms with van der Waals surface area (Å²) in [5.41, 5.74) is 6.47. The maximum Gasteiger partial charge on any atom is 0.222 e. The molecule has 0 saturated carbocycles. The largest absolute Gasteiger partial charge is 0.486 e. The zero-order chi connectivity index (χ0) is 15.9. The first kappa shape index (κ1) is 19.8. The first-order valence-corrected chi connectivity index (χ1v) is 7.59. The minimum Gasteiger partial charge on any atom is -0.486 e. The first-order chi connectivity index (χ1) is 10.6.